The van der Waals surface area contributed by atoms with E-state index < -0.39 is 0 Å². The number of carbonyl (C=O) groups excluding carboxylic acids is 1. The number of methoxy groups -OCH3 is 1. The summed E-state index contributed by atoms with van der Waals surface area (Å²) in [7, 11) is 1.66. The largest absolute Gasteiger partial charge is 0.497 e. The predicted molar refractivity (Wildman–Crippen MR) is 127 cm³/mol. The van der Waals surface area contributed by atoms with Gasteiger partial charge in [-0.2, -0.15) is 4.98 Å². The Kier molecular flexibility index (Phi) is 7.46. The average Bonchev–Trinajstić information content (AvgIpc) is 3.26. The first-order valence-corrected chi connectivity index (χ1v) is 12.2. The van der Waals surface area contributed by atoms with Gasteiger partial charge in [-0.25, -0.2) is 9.50 Å². The molecular weight excluding hydrogens is 440 g/mol. The van der Waals surface area contributed by atoms with Crippen molar-refractivity contribution in [3.63, 3.8) is 0 Å². The number of nitrogens with one attached hydrogen (secondary N) is 1. The van der Waals surface area contributed by atoms with Crippen molar-refractivity contribution in [3.05, 3.63) is 46.8 Å². The highest BCUT2D eigenvalue weighted by Crippen LogP contribution is 2.24. The van der Waals surface area contributed by atoms with Gasteiger partial charge in [0, 0.05) is 36.6 Å². The third-order valence-electron chi connectivity index (χ3n) is 6.03. The number of morpholine rings is 1. The van der Waals surface area contributed by atoms with Crippen LogP contribution < -0.4 is 10.1 Å². The van der Waals surface area contributed by atoms with Crippen LogP contribution in [0.4, 0.5) is 0 Å². The zero-order valence-electron chi connectivity index (χ0n) is 19.5. The molecular formula is C23H30N6O3S. The van der Waals surface area contributed by atoms with Gasteiger partial charge in [0.2, 0.25) is 11.1 Å². The number of fused-ring (bicyclic) bond motifs is 1. The number of aryl methyl sites for hydroxylation is 2. The van der Waals surface area contributed by atoms with E-state index in [9.17, 15) is 4.79 Å². The summed E-state index contributed by atoms with van der Waals surface area (Å²) < 4.78 is 12.5. The van der Waals surface area contributed by atoms with Gasteiger partial charge < -0.3 is 14.8 Å². The Bertz CT molecular complexity index is 1110. The molecule has 1 aliphatic rings. The number of nitrogens with zero attached hydrogens (tertiary/aromatic N) is 5. The smallest absolute Gasteiger partial charge is 0.253 e. The first-order chi connectivity index (χ1) is 16.0. The summed E-state index contributed by atoms with van der Waals surface area (Å²) in [6.07, 6.45) is 2.17. The Labute approximate surface area is 197 Å². The van der Waals surface area contributed by atoms with E-state index in [4.69, 9.17) is 9.47 Å². The first kappa shape index (κ1) is 23.5. The number of benzene rings is 1. The molecule has 0 saturated carbocycles. The second-order valence-electron chi connectivity index (χ2n) is 7.99. The van der Waals surface area contributed by atoms with Gasteiger partial charge in [-0.1, -0.05) is 23.9 Å². The lowest BCUT2D eigenvalue weighted by molar-refractivity contribution is -0.120. The number of amides is 1. The molecule has 1 atom stereocenters. The molecule has 10 heteroatoms. The van der Waals surface area contributed by atoms with E-state index in [1.54, 1.807) is 11.6 Å². The van der Waals surface area contributed by atoms with Crippen molar-refractivity contribution in [2.24, 2.45) is 0 Å². The molecule has 0 spiro atoms. The molecule has 2 aromatic heterocycles. The van der Waals surface area contributed by atoms with Gasteiger partial charge in [-0.05, 0) is 37.8 Å². The molecule has 9 nitrogen and oxygen atoms in total. The van der Waals surface area contributed by atoms with Crippen LogP contribution in [0.5, 0.6) is 5.75 Å². The summed E-state index contributed by atoms with van der Waals surface area (Å²) in [5.41, 5.74) is 3.71. The Morgan fingerprint density at radius 2 is 1.94 bits per heavy atom. The minimum Gasteiger partial charge on any atom is -0.497 e. The van der Waals surface area contributed by atoms with Crippen molar-refractivity contribution in [1.29, 1.82) is 0 Å². The third kappa shape index (κ3) is 5.29. The number of carbonyl (C=O) groups is 1. The number of aromatic nitrogens is 4. The van der Waals surface area contributed by atoms with E-state index in [0.717, 1.165) is 41.4 Å². The Hall–Kier alpha value is -2.69. The lowest BCUT2D eigenvalue weighted by Crippen LogP contribution is -2.44. The number of hydrogen-bond acceptors (Lipinski definition) is 8. The topological polar surface area (TPSA) is 93.9 Å². The average molecular weight is 471 g/mol. The van der Waals surface area contributed by atoms with Crippen molar-refractivity contribution in [2.75, 3.05) is 46.2 Å². The van der Waals surface area contributed by atoms with Gasteiger partial charge in [-0.15, -0.1) is 5.10 Å². The molecule has 1 aromatic carbocycles. The minimum atomic E-state index is -0.0423. The maximum absolute atomic E-state index is 13.0. The van der Waals surface area contributed by atoms with Gasteiger partial charge in [0.25, 0.3) is 5.78 Å². The molecule has 1 aliphatic heterocycles. The van der Waals surface area contributed by atoms with Crippen molar-refractivity contribution in [1.82, 2.24) is 29.8 Å². The van der Waals surface area contributed by atoms with Crippen molar-refractivity contribution in [3.8, 4) is 5.75 Å². The normalized spacial score (nSPS) is 15.5. The summed E-state index contributed by atoms with van der Waals surface area (Å²) in [5, 5.41) is 8.29. The quantitative estimate of drug-likeness (QED) is 0.501. The van der Waals surface area contributed by atoms with Crippen molar-refractivity contribution < 1.29 is 14.3 Å². The van der Waals surface area contributed by atoms with E-state index >= 15 is 0 Å². The second-order valence-corrected chi connectivity index (χ2v) is 8.76. The van der Waals surface area contributed by atoms with E-state index in [1.165, 1.54) is 11.8 Å². The molecule has 1 unspecified atom stereocenters. The number of hydrogen-bond donors (Lipinski definition) is 1. The third-order valence-corrected chi connectivity index (χ3v) is 6.57. The maximum atomic E-state index is 13.0. The summed E-state index contributed by atoms with van der Waals surface area (Å²) in [5.74, 6) is 1.33. The molecule has 0 aliphatic carbocycles. The van der Waals surface area contributed by atoms with Crippen LogP contribution in [-0.4, -0.2) is 76.6 Å². The Balaban J connectivity index is 1.49. The van der Waals surface area contributed by atoms with Gasteiger partial charge in [0.05, 0.1) is 32.8 Å². The fourth-order valence-corrected chi connectivity index (χ4v) is 4.48. The molecule has 1 N–H and O–H groups in total. The lowest BCUT2D eigenvalue weighted by atomic mass is 10.0. The van der Waals surface area contributed by atoms with Crippen LogP contribution in [0.3, 0.4) is 0 Å². The van der Waals surface area contributed by atoms with Gasteiger partial charge in [0.15, 0.2) is 0 Å². The molecule has 3 heterocycles. The molecule has 1 amide bonds. The SMILES string of the molecule is COc1ccc(C(CNC(=O)Cc2c(C)nc3nc(SC)nn3c2C)N2CCOCC2)cc1. The summed E-state index contributed by atoms with van der Waals surface area (Å²) in [6, 6.07) is 8.10. The van der Waals surface area contributed by atoms with Gasteiger partial charge in [-0.3, -0.25) is 9.69 Å². The molecule has 1 saturated heterocycles. The molecule has 1 fully saturated rings. The van der Waals surface area contributed by atoms with Crippen LogP contribution in [0.15, 0.2) is 29.4 Å². The monoisotopic (exact) mass is 470 g/mol. The Morgan fingerprint density at radius 3 is 2.61 bits per heavy atom. The van der Waals surface area contributed by atoms with Crippen molar-refractivity contribution >= 4 is 23.4 Å². The molecule has 0 radical (unpaired) electrons. The minimum absolute atomic E-state index is 0.0423. The van der Waals surface area contributed by atoms with Crippen LogP contribution in [-0.2, 0) is 16.0 Å². The zero-order valence-corrected chi connectivity index (χ0v) is 20.3. The first-order valence-electron chi connectivity index (χ1n) is 11.0. The number of rotatable bonds is 8. The van der Waals surface area contributed by atoms with E-state index in [1.807, 2.05) is 32.2 Å². The van der Waals surface area contributed by atoms with E-state index in [0.29, 0.717) is 30.7 Å². The fourth-order valence-electron chi connectivity index (χ4n) is 4.14. The van der Waals surface area contributed by atoms with E-state index in [2.05, 4.69) is 37.4 Å². The zero-order chi connectivity index (χ0) is 23.4. The molecule has 3 aromatic rings. The Morgan fingerprint density at radius 1 is 1.21 bits per heavy atom. The van der Waals surface area contributed by atoms with Crippen LogP contribution >= 0.6 is 11.8 Å². The fraction of sp³-hybridized carbons (Fsp3) is 0.478. The van der Waals surface area contributed by atoms with E-state index in [-0.39, 0.29) is 18.4 Å². The van der Waals surface area contributed by atoms with Gasteiger partial charge in [0.1, 0.15) is 5.75 Å². The summed E-state index contributed by atoms with van der Waals surface area (Å²) in [6.45, 7) is 7.43. The molecule has 4 rings (SSSR count). The summed E-state index contributed by atoms with van der Waals surface area (Å²) in [4.78, 5) is 24.3. The van der Waals surface area contributed by atoms with Crippen LogP contribution in [0.1, 0.15) is 28.6 Å². The van der Waals surface area contributed by atoms with Gasteiger partial charge >= 0.3 is 0 Å². The lowest BCUT2D eigenvalue weighted by Gasteiger charge is -2.35. The molecule has 33 heavy (non-hydrogen) atoms. The molecule has 176 valence electrons. The predicted octanol–water partition coefficient (Wildman–Crippen LogP) is 2.20. The highest BCUT2D eigenvalue weighted by atomic mass is 32.2. The molecule has 0 bridgehead atoms. The standard InChI is InChI=1S/C23H30N6O3S/c1-15-19(16(2)29-22(25-15)26-23(27-29)33-4)13-21(30)24-14-20(28-9-11-32-12-10-28)17-5-7-18(31-3)8-6-17/h5-8,20H,9-14H2,1-4H3,(H,24,30). The number of thioether (sulfide) groups is 1. The van der Waals surface area contributed by atoms with Crippen LogP contribution in [0, 0.1) is 13.8 Å². The summed E-state index contributed by atoms with van der Waals surface area (Å²) >= 11 is 1.47. The number of ether oxygens (including phenoxy) is 2. The van der Waals surface area contributed by atoms with Crippen molar-refractivity contribution in [2.45, 2.75) is 31.5 Å². The highest BCUT2D eigenvalue weighted by molar-refractivity contribution is 7.98. The van der Waals surface area contributed by atoms with Crippen LogP contribution in [0.2, 0.25) is 0 Å². The second kappa shape index (κ2) is 10.5. The van der Waals surface area contributed by atoms with Crippen LogP contribution in [0.25, 0.3) is 5.78 Å². The highest BCUT2D eigenvalue weighted by Gasteiger charge is 2.24. The maximum Gasteiger partial charge on any atom is 0.253 e.